The first-order valence-corrected chi connectivity index (χ1v) is 10.2. The Kier molecular flexibility index (Phi) is 7.45. The van der Waals surface area contributed by atoms with Gasteiger partial charge in [0, 0.05) is 24.3 Å². The lowest BCUT2D eigenvalue weighted by molar-refractivity contribution is 0.102. The highest BCUT2D eigenvalue weighted by molar-refractivity contribution is 7.89. The summed E-state index contributed by atoms with van der Waals surface area (Å²) in [6, 6.07) is 10.6. The molecule has 0 heterocycles. The summed E-state index contributed by atoms with van der Waals surface area (Å²) in [7, 11) is -0.0839. The van der Waals surface area contributed by atoms with E-state index in [2.05, 4.69) is 21.5 Å². The third-order valence-electron chi connectivity index (χ3n) is 3.96. The SMILES string of the molecule is C=CCNS(=O)(=O)c1cc(C(=O)Nc2ccc(CCN(C)C)cc2)ccc1F. The molecule has 0 aliphatic heterocycles. The van der Waals surface area contributed by atoms with E-state index in [4.69, 9.17) is 0 Å². The zero-order valence-electron chi connectivity index (χ0n) is 15.9. The fraction of sp³-hybridized carbons (Fsp3) is 0.250. The van der Waals surface area contributed by atoms with Crippen LogP contribution in [-0.2, 0) is 16.4 Å². The van der Waals surface area contributed by atoms with Gasteiger partial charge in [-0.15, -0.1) is 6.58 Å². The van der Waals surface area contributed by atoms with Crippen LogP contribution in [0.15, 0.2) is 60.0 Å². The average Bonchev–Trinajstić information content (AvgIpc) is 2.66. The highest BCUT2D eigenvalue weighted by atomic mass is 32.2. The van der Waals surface area contributed by atoms with Crippen molar-refractivity contribution >= 4 is 21.6 Å². The molecular weight excluding hydrogens is 381 g/mol. The van der Waals surface area contributed by atoms with Gasteiger partial charge in [-0.2, -0.15) is 0 Å². The van der Waals surface area contributed by atoms with Crippen LogP contribution >= 0.6 is 0 Å². The van der Waals surface area contributed by atoms with Crippen LogP contribution in [0.5, 0.6) is 0 Å². The van der Waals surface area contributed by atoms with E-state index < -0.39 is 26.6 Å². The van der Waals surface area contributed by atoms with Gasteiger partial charge in [-0.25, -0.2) is 17.5 Å². The topological polar surface area (TPSA) is 78.5 Å². The Hall–Kier alpha value is -2.55. The van der Waals surface area contributed by atoms with Gasteiger partial charge in [-0.3, -0.25) is 4.79 Å². The van der Waals surface area contributed by atoms with Crippen molar-refractivity contribution in [2.24, 2.45) is 0 Å². The number of rotatable bonds is 9. The van der Waals surface area contributed by atoms with Crippen molar-refractivity contribution in [3.63, 3.8) is 0 Å². The lowest BCUT2D eigenvalue weighted by Crippen LogP contribution is -2.25. The first-order chi connectivity index (χ1) is 13.2. The number of benzene rings is 2. The first kappa shape index (κ1) is 21.7. The molecule has 0 saturated carbocycles. The van der Waals surface area contributed by atoms with Crippen LogP contribution in [0.1, 0.15) is 15.9 Å². The largest absolute Gasteiger partial charge is 0.322 e. The Morgan fingerprint density at radius 3 is 2.46 bits per heavy atom. The second kappa shape index (κ2) is 9.59. The van der Waals surface area contributed by atoms with Crippen molar-refractivity contribution in [3.05, 3.63) is 72.1 Å². The second-order valence-electron chi connectivity index (χ2n) is 6.49. The van der Waals surface area contributed by atoms with Crippen molar-refractivity contribution in [2.45, 2.75) is 11.3 Å². The summed E-state index contributed by atoms with van der Waals surface area (Å²) < 4.78 is 40.5. The number of likely N-dealkylation sites (N-methyl/N-ethyl adjacent to an activating group) is 1. The molecule has 0 saturated heterocycles. The second-order valence-corrected chi connectivity index (χ2v) is 8.23. The number of sulfonamides is 1. The highest BCUT2D eigenvalue weighted by Crippen LogP contribution is 2.18. The molecular formula is C20H24FN3O3S. The standard InChI is InChI=1S/C20H24FN3O3S/c1-4-12-22-28(26,27)19-14-16(7-10-18(19)21)20(25)23-17-8-5-15(6-9-17)11-13-24(2)3/h4-10,14,22H,1,11-13H2,2-3H3,(H,23,25). The summed E-state index contributed by atoms with van der Waals surface area (Å²) in [4.78, 5) is 13.9. The van der Waals surface area contributed by atoms with E-state index in [1.54, 1.807) is 12.1 Å². The van der Waals surface area contributed by atoms with Crippen molar-refractivity contribution in [2.75, 3.05) is 32.5 Å². The van der Waals surface area contributed by atoms with Gasteiger partial charge in [0.25, 0.3) is 5.91 Å². The molecule has 0 bridgehead atoms. The van der Waals surface area contributed by atoms with Crippen LogP contribution < -0.4 is 10.0 Å². The minimum Gasteiger partial charge on any atom is -0.322 e. The summed E-state index contributed by atoms with van der Waals surface area (Å²) in [5.41, 5.74) is 1.74. The summed E-state index contributed by atoms with van der Waals surface area (Å²) in [6.07, 6.45) is 2.23. The fourth-order valence-electron chi connectivity index (χ4n) is 2.41. The van der Waals surface area contributed by atoms with E-state index in [0.717, 1.165) is 30.7 Å². The molecule has 8 heteroatoms. The van der Waals surface area contributed by atoms with Crippen LogP contribution in [0.4, 0.5) is 10.1 Å². The van der Waals surface area contributed by atoms with Crippen molar-refractivity contribution < 1.29 is 17.6 Å². The Morgan fingerprint density at radius 1 is 1.18 bits per heavy atom. The smallest absolute Gasteiger partial charge is 0.255 e. The van der Waals surface area contributed by atoms with Gasteiger partial charge in [0.1, 0.15) is 10.7 Å². The molecule has 0 aromatic heterocycles. The third kappa shape index (κ3) is 5.98. The molecule has 2 aromatic carbocycles. The summed E-state index contributed by atoms with van der Waals surface area (Å²) in [5.74, 6) is -1.46. The zero-order valence-corrected chi connectivity index (χ0v) is 16.7. The van der Waals surface area contributed by atoms with Crippen LogP contribution in [-0.4, -0.2) is 46.4 Å². The van der Waals surface area contributed by atoms with Crippen molar-refractivity contribution in [1.82, 2.24) is 9.62 Å². The molecule has 0 unspecified atom stereocenters. The number of amides is 1. The van der Waals surface area contributed by atoms with Crippen LogP contribution in [0.25, 0.3) is 0 Å². The number of carbonyl (C=O) groups excluding carboxylic acids is 1. The molecule has 2 rings (SSSR count). The number of nitrogens with zero attached hydrogens (tertiary/aromatic N) is 1. The van der Waals surface area contributed by atoms with Crippen LogP contribution in [0, 0.1) is 5.82 Å². The van der Waals surface area contributed by atoms with Gasteiger partial charge < -0.3 is 10.2 Å². The molecule has 1 amide bonds. The van der Waals surface area contributed by atoms with Gasteiger partial charge in [-0.1, -0.05) is 18.2 Å². The summed E-state index contributed by atoms with van der Waals surface area (Å²) in [5, 5.41) is 2.69. The van der Waals surface area contributed by atoms with E-state index in [9.17, 15) is 17.6 Å². The molecule has 0 spiro atoms. The average molecular weight is 405 g/mol. The number of carbonyl (C=O) groups is 1. The molecule has 0 aliphatic carbocycles. The Labute approximate surface area is 165 Å². The number of anilines is 1. The minimum absolute atomic E-state index is 0.0389. The number of nitrogens with one attached hydrogen (secondary N) is 2. The number of hydrogen-bond acceptors (Lipinski definition) is 4. The molecule has 2 aromatic rings. The van der Waals surface area contributed by atoms with E-state index in [-0.39, 0.29) is 12.1 Å². The van der Waals surface area contributed by atoms with E-state index in [1.807, 2.05) is 26.2 Å². The number of hydrogen-bond donors (Lipinski definition) is 2. The molecule has 28 heavy (non-hydrogen) atoms. The third-order valence-corrected chi connectivity index (χ3v) is 5.40. The van der Waals surface area contributed by atoms with Gasteiger partial charge in [0.2, 0.25) is 10.0 Å². The summed E-state index contributed by atoms with van der Waals surface area (Å²) in [6.45, 7) is 4.28. The van der Waals surface area contributed by atoms with Gasteiger partial charge in [-0.05, 0) is 56.4 Å². The molecule has 2 N–H and O–H groups in total. The van der Waals surface area contributed by atoms with E-state index >= 15 is 0 Å². The molecule has 0 fully saturated rings. The minimum atomic E-state index is -4.08. The van der Waals surface area contributed by atoms with Gasteiger partial charge >= 0.3 is 0 Å². The molecule has 0 atom stereocenters. The van der Waals surface area contributed by atoms with Crippen LogP contribution in [0.3, 0.4) is 0 Å². The molecule has 6 nitrogen and oxygen atoms in total. The normalized spacial score (nSPS) is 11.4. The van der Waals surface area contributed by atoms with Gasteiger partial charge in [0.15, 0.2) is 0 Å². The van der Waals surface area contributed by atoms with E-state index in [1.165, 1.54) is 12.1 Å². The maximum absolute atomic E-state index is 14.0. The molecule has 150 valence electrons. The predicted octanol–water partition coefficient (Wildman–Crippen LogP) is 2.65. The monoisotopic (exact) mass is 405 g/mol. The lowest BCUT2D eigenvalue weighted by Gasteiger charge is -2.11. The van der Waals surface area contributed by atoms with Crippen molar-refractivity contribution in [1.29, 1.82) is 0 Å². The summed E-state index contributed by atoms with van der Waals surface area (Å²) >= 11 is 0. The molecule has 0 radical (unpaired) electrons. The van der Waals surface area contributed by atoms with Crippen LogP contribution in [0.2, 0.25) is 0 Å². The predicted molar refractivity (Wildman–Crippen MR) is 108 cm³/mol. The fourth-order valence-corrected chi connectivity index (χ4v) is 3.51. The maximum Gasteiger partial charge on any atom is 0.255 e. The lowest BCUT2D eigenvalue weighted by atomic mass is 10.1. The highest BCUT2D eigenvalue weighted by Gasteiger charge is 2.20. The Balaban J connectivity index is 2.14. The molecule has 0 aliphatic rings. The zero-order chi connectivity index (χ0) is 20.7. The maximum atomic E-state index is 14.0. The number of halogens is 1. The Bertz CT molecular complexity index is 942. The first-order valence-electron chi connectivity index (χ1n) is 8.68. The van der Waals surface area contributed by atoms with Gasteiger partial charge in [0.05, 0.1) is 0 Å². The quantitative estimate of drug-likeness (QED) is 0.629. The Morgan fingerprint density at radius 2 is 1.86 bits per heavy atom. The van der Waals surface area contributed by atoms with Crippen molar-refractivity contribution in [3.8, 4) is 0 Å². The van der Waals surface area contributed by atoms with E-state index in [0.29, 0.717) is 5.69 Å².